The minimum Gasteiger partial charge on any atom is -0.451 e. The molecule has 0 saturated heterocycles. The molecule has 0 aliphatic heterocycles. The van der Waals surface area contributed by atoms with Crippen molar-refractivity contribution in [2.75, 3.05) is 12.0 Å². The van der Waals surface area contributed by atoms with Crippen LogP contribution < -0.4 is 21.2 Å². The number of rotatable bonds is 8. The lowest BCUT2D eigenvalue weighted by Gasteiger charge is -2.13. The van der Waals surface area contributed by atoms with Crippen LogP contribution in [0.4, 0.5) is 10.5 Å². The van der Waals surface area contributed by atoms with Gasteiger partial charge < -0.3 is 9.47 Å². The zero-order valence-electron chi connectivity index (χ0n) is 18.7. The molecule has 0 radical (unpaired) electrons. The number of aromatic nitrogens is 2. The van der Waals surface area contributed by atoms with E-state index >= 15 is 0 Å². The van der Waals surface area contributed by atoms with Crippen molar-refractivity contribution in [1.82, 2.24) is 14.9 Å². The third-order valence-corrected chi connectivity index (χ3v) is 4.92. The molecule has 0 saturated carbocycles. The van der Waals surface area contributed by atoms with Gasteiger partial charge in [0.1, 0.15) is 6.07 Å². The zero-order chi connectivity index (χ0) is 26.1. The fourth-order valence-electron chi connectivity index (χ4n) is 2.79. The first-order chi connectivity index (χ1) is 17.3. The molecule has 13 heteroatoms. The highest BCUT2D eigenvalue weighted by Gasteiger charge is 2.16. The lowest BCUT2D eigenvalue weighted by Crippen LogP contribution is -2.36. The summed E-state index contributed by atoms with van der Waals surface area (Å²) in [5, 5.41) is 14.8. The summed E-state index contributed by atoms with van der Waals surface area (Å²) in [5.41, 5.74) is 2.50. The van der Waals surface area contributed by atoms with Crippen molar-refractivity contribution in [1.29, 1.82) is 5.26 Å². The van der Waals surface area contributed by atoms with Crippen LogP contribution in [0.3, 0.4) is 0 Å². The average molecular weight is 529 g/mol. The SMILES string of the molecule is CCOC(=O)NC(=O)C(C#N)=NNc1cc(Cl)c(Oc2cnc(=O)n(Cc3ccccc3)c2)c(Cl)c1. The van der Waals surface area contributed by atoms with Gasteiger partial charge in [-0.05, 0) is 24.6 Å². The Bertz CT molecular complexity index is 1380. The zero-order valence-corrected chi connectivity index (χ0v) is 20.2. The number of nitrogens with one attached hydrogen (secondary N) is 2. The number of anilines is 1. The van der Waals surface area contributed by atoms with E-state index in [-0.39, 0.29) is 40.4 Å². The van der Waals surface area contributed by atoms with Gasteiger partial charge in [-0.3, -0.25) is 20.1 Å². The number of ether oxygens (including phenoxy) is 2. The number of carbonyl (C=O) groups is 2. The highest BCUT2D eigenvalue weighted by Crippen LogP contribution is 2.38. The molecule has 0 spiro atoms. The van der Waals surface area contributed by atoms with Gasteiger partial charge in [0, 0.05) is 0 Å². The van der Waals surface area contributed by atoms with Crippen molar-refractivity contribution in [2.24, 2.45) is 5.10 Å². The smallest absolute Gasteiger partial charge is 0.414 e. The summed E-state index contributed by atoms with van der Waals surface area (Å²) in [7, 11) is 0. The van der Waals surface area contributed by atoms with E-state index in [1.807, 2.05) is 35.6 Å². The van der Waals surface area contributed by atoms with E-state index < -0.39 is 23.4 Å². The van der Waals surface area contributed by atoms with Crippen LogP contribution in [0.5, 0.6) is 11.5 Å². The molecule has 2 amide bonds. The Morgan fingerprint density at radius 2 is 1.89 bits per heavy atom. The minimum atomic E-state index is -1.06. The monoisotopic (exact) mass is 528 g/mol. The number of halogens is 2. The van der Waals surface area contributed by atoms with Gasteiger partial charge in [0.05, 0.1) is 41.3 Å². The van der Waals surface area contributed by atoms with Crippen LogP contribution in [0.2, 0.25) is 10.0 Å². The van der Waals surface area contributed by atoms with Gasteiger partial charge in [-0.15, -0.1) is 0 Å². The molecular formula is C23H18Cl2N6O5. The molecule has 11 nitrogen and oxygen atoms in total. The molecule has 1 aromatic heterocycles. The maximum Gasteiger partial charge on any atom is 0.414 e. The number of hydrazone groups is 1. The normalized spacial score (nSPS) is 10.8. The Kier molecular flexibility index (Phi) is 8.99. The molecule has 0 aliphatic carbocycles. The third kappa shape index (κ3) is 7.05. The first kappa shape index (κ1) is 26.2. The maximum atomic E-state index is 12.1. The van der Waals surface area contributed by atoms with Gasteiger partial charge in [-0.2, -0.15) is 15.3 Å². The number of hydrogen-bond donors (Lipinski definition) is 2. The van der Waals surface area contributed by atoms with E-state index in [2.05, 4.69) is 20.2 Å². The van der Waals surface area contributed by atoms with E-state index in [1.54, 1.807) is 13.0 Å². The number of imide groups is 1. The van der Waals surface area contributed by atoms with Crippen LogP contribution in [0.15, 0.2) is 64.8 Å². The molecule has 0 atom stereocenters. The lowest BCUT2D eigenvalue weighted by molar-refractivity contribution is -0.114. The Balaban J connectivity index is 1.75. The first-order valence-corrected chi connectivity index (χ1v) is 11.1. The Labute approximate surface area is 214 Å². The van der Waals surface area contributed by atoms with Crippen LogP contribution in [-0.4, -0.2) is 33.9 Å². The molecule has 184 valence electrons. The molecule has 0 fully saturated rings. The second-order valence-corrected chi connectivity index (χ2v) is 7.73. The summed E-state index contributed by atoms with van der Waals surface area (Å²) in [5.74, 6) is -0.755. The van der Waals surface area contributed by atoms with Gasteiger partial charge in [-0.1, -0.05) is 53.5 Å². The first-order valence-electron chi connectivity index (χ1n) is 10.3. The van der Waals surface area contributed by atoms with Crippen molar-refractivity contribution in [3.63, 3.8) is 0 Å². The van der Waals surface area contributed by atoms with Crippen LogP contribution in [0.1, 0.15) is 12.5 Å². The number of alkyl carbamates (subject to hydrolysis) is 1. The van der Waals surface area contributed by atoms with Crippen LogP contribution in [0.25, 0.3) is 0 Å². The molecule has 3 aromatic rings. The number of hydrogen-bond acceptors (Lipinski definition) is 9. The average Bonchev–Trinajstić information content (AvgIpc) is 2.84. The molecule has 3 rings (SSSR count). The molecular weight excluding hydrogens is 511 g/mol. The Morgan fingerprint density at radius 1 is 1.19 bits per heavy atom. The standard InChI is InChI=1S/C23H18Cl2N6O5/c1-2-35-23(34)28-21(32)19(10-26)30-29-15-8-17(24)20(18(25)9-15)36-16-11-27-22(33)31(13-16)12-14-6-4-3-5-7-14/h3-9,11,13,29H,2,12H2,1H3,(H,28,32,34). The molecule has 2 N–H and O–H groups in total. The van der Waals surface area contributed by atoms with Crippen LogP contribution >= 0.6 is 23.2 Å². The third-order valence-electron chi connectivity index (χ3n) is 4.35. The fraction of sp³-hybridized carbons (Fsp3) is 0.130. The second-order valence-electron chi connectivity index (χ2n) is 6.92. The number of carbonyl (C=O) groups excluding carboxylic acids is 2. The Hall–Kier alpha value is -4.40. The van der Waals surface area contributed by atoms with Crippen molar-refractivity contribution in [3.8, 4) is 17.6 Å². The highest BCUT2D eigenvalue weighted by atomic mass is 35.5. The van der Waals surface area contributed by atoms with Crippen molar-refractivity contribution in [2.45, 2.75) is 13.5 Å². The summed E-state index contributed by atoms with van der Waals surface area (Å²) >= 11 is 12.6. The van der Waals surface area contributed by atoms with E-state index in [1.165, 1.54) is 29.1 Å². The molecule has 0 unspecified atom stereocenters. The predicted molar refractivity (Wildman–Crippen MR) is 132 cm³/mol. The van der Waals surface area contributed by atoms with Gasteiger partial charge in [0.15, 0.2) is 11.5 Å². The molecule has 0 bridgehead atoms. The van der Waals surface area contributed by atoms with Crippen LogP contribution in [0, 0.1) is 11.3 Å². The molecule has 36 heavy (non-hydrogen) atoms. The summed E-state index contributed by atoms with van der Waals surface area (Å²) in [6.45, 7) is 1.90. The highest BCUT2D eigenvalue weighted by molar-refractivity contribution is 6.47. The van der Waals surface area contributed by atoms with Gasteiger partial charge in [0.25, 0.3) is 5.91 Å². The van der Waals surface area contributed by atoms with E-state index in [4.69, 9.17) is 33.2 Å². The quantitative estimate of drug-likeness (QED) is 0.329. The largest absolute Gasteiger partial charge is 0.451 e. The number of benzene rings is 2. The number of nitriles is 1. The molecule has 0 aliphatic rings. The van der Waals surface area contributed by atoms with Crippen LogP contribution in [-0.2, 0) is 16.1 Å². The van der Waals surface area contributed by atoms with Gasteiger partial charge in [0.2, 0.25) is 5.71 Å². The van der Waals surface area contributed by atoms with E-state index in [9.17, 15) is 14.4 Å². The number of amides is 2. The molecule has 2 aromatic carbocycles. The predicted octanol–water partition coefficient (Wildman–Crippen LogP) is 3.95. The topological polar surface area (TPSA) is 148 Å². The lowest BCUT2D eigenvalue weighted by atomic mass is 10.2. The summed E-state index contributed by atoms with van der Waals surface area (Å²) < 4.78 is 11.7. The number of nitrogens with zero attached hydrogens (tertiary/aromatic N) is 4. The fourth-order valence-corrected chi connectivity index (χ4v) is 3.35. The van der Waals surface area contributed by atoms with Gasteiger partial charge in [-0.25, -0.2) is 9.59 Å². The second kappa shape index (κ2) is 12.3. The summed E-state index contributed by atoms with van der Waals surface area (Å²) in [6.07, 6.45) is 1.71. The summed E-state index contributed by atoms with van der Waals surface area (Å²) in [6, 6.07) is 13.7. The van der Waals surface area contributed by atoms with Crippen molar-refractivity contribution < 1.29 is 19.1 Å². The molecule has 1 heterocycles. The maximum absolute atomic E-state index is 12.1. The van der Waals surface area contributed by atoms with E-state index in [0.717, 1.165) is 5.56 Å². The van der Waals surface area contributed by atoms with Gasteiger partial charge >= 0.3 is 11.8 Å². The minimum absolute atomic E-state index is 0.0476. The van der Waals surface area contributed by atoms with Crippen molar-refractivity contribution in [3.05, 3.63) is 81.0 Å². The Morgan fingerprint density at radius 3 is 2.53 bits per heavy atom. The van der Waals surface area contributed by atoms with Crippen molar-refractivity contribution >= 4 is 46.6 Å². The van der Waals surface area contributed by atoms with E-state index in [0.29, 0.717) is 0 Å². The summed E-state index contributed by atoms with van der Waals surface area (Å²) in [4.78, 5) is 39.2.